The van der Waals surface area contributed by atoms with E-state index in [2.05, 4.69) is 9.97 Å². The van der Waals surface area contributed by atoms with E-state index in [1.165, 1.54) is 0 Å². The Labute approximate surface area is 68.9 Å². The van der Waals surface area contributed by atoms with E-state index < -0.39 is 6.10 Å². The standard InChI is InChI=1S/C8H8N2O2/c1-5(11)8-10-6-4-9-3-2-7(6)12-8/h2-5,11H,1H3/t5-/m0/s1. The fraction of sp³-hybridized carbons (Fsp3) is 0.250. The first-order valence-corrected chi connectivity index (χ1v) is 3.66. The van der Waals surface area contributed by atoms with Gasteiger partial charge in [0.25, 0.3) is 0 Å². The summed E-state index contributed by atoms with van der Waals surface area (Å²) in [6.45, 7) is 1.61. The summed E-state index contributed by atoms with van der Waals surface area (Å²) in [5.41, 5.74) is 1.33. The average Bonchev–Trinajstić information content (AvgIpc) is 2.46. The number of nitrogens with zero attached hydrogens (tertiary/aromatic N) is 2. The lowest BCUT2D eigenvalue weighted by Crippen LogP contribution is -1.89. The van der Waals surface area contributed by atoms with Crippen LogP contribution in [0.15, 0.2) is 22.9 Å². The van der Waals surface area contributed by atoms with E-state index in [-0.39, 0.29) is 0 Å². The van der Waals surface area contributed by atoms with Crippen molar-refractivity contribution in [2.24, 2.45) is 0 Å². The van der Waals surface area contributed by atoms with Gasteiger partial charge in [-0.05, 0) is 6.92 Å². The minimum absolute atomic E-state index is 0.331. The van der Waals surface area contributed by atoms with E-state index in [0.29, 0.717) is 17.0 Å². The number of aliphatic hydroxyl groups is 1. The fourth-order valence-corrected chi connectivity index (χ4v) is 0.977. The number of fused-ring (bicyclic) bond motifs is 1. The van der Waals surface area contributed by atoms with Crippen LogP contribution in [0.2, 0.25) is 0 Å². The summed E-state index contributed by atoms with van der Waals surface area (Å²) >= 11 is 0. The van der Waals surface area contributed by atoms with Crippen molar-refractivity contribution >= 4 is 11.1 Å². The number of rotatable bonds is 1. The average molecular weight is 164 g/mol. The van der Waals surface area contributed by atoms with E-state index in [0.717, 1.165) is 0 Å². The molecule has 0 spiro atoms. The summed E-state index contributed by atoms with van der Waals surface area (Å²) in [7, 11) is 0. The highest BCUT2D eigenvalue weighted by Crippen LogP contribution is 2.17. The summed E-state index contributed by atoms with van der Waals surface area (Å²) in [6.07, 6.45) is 2.56. The number of aromatic nitrogens is 2. The lowest BCUT2D eigenvalue weighted by Gasteiger charge is -1.93. The molecule has 0 bridgehead atoms. The maximum atomic E-state index is 9.15. The zero-order valence-corrected chi connectivity index (χ0v) is 6.56. The lowest BCUT2D eigenvalue weighted by atomic mass is 10.4. The van der Waals surface area contributed by atoms with Gasteiger partial charge < -0.3 is 9.52 Å². The van der Waals surface area contributed by atoms with Crippen molar-refractivity contribution in [1.29, 1.82) is 0 Å². The Morgan fingerprint density at radius 1 is 1.58 bits per heavy atom. The highest BCUT2D eigenvalue weighted by atomic mass is 16.4. The fourth-order valence-electron chi connectivity index (χ4n) is 0.977. The molecule has 12 heavy (non-hydrogen) atoms. The first-order chi connectivity index (χ1) is 5.77. The van der Waals surface area contributed by atoms with Gasteiger partial charge in [0.15, 0.2) is 5.58 Å². The number of hydrogen-bond donors (Lipinski definition) is 1. The van der Waals surface area contributed by atoms with Crippen LogP contribution in [-0.2, 0) is 0 Å². The molecular weight excluding hydrogens is 156 g/mol. The molecular formula is C8H8N2O2. The van der Waals surface area contributed by atoms with Crippen LogP contribution in [0.25, 0.3) is 11.1 Å². The van der Waals surface area contributed by atoms with Gasteiger partial charge in [0, 0.05) is 12.3 Å². The maximum Gasteiger partial charge on any atom is 0.224 e. The molecule has 0 amide bonds. The van der Waals surface area contributed by atoms with Gasteiger partial charge in [-0.2, -0.15) is 0 Å². The Morgan fingerprint density at radius 2 is 2.42 bits per heavy atom. The Morgan fingerprint density at radius 3 is 3.08 bits per heavy atom. The van der Waals surface area contributed by atoms with Gasteiger partial charge >= 0.3 is 0 Å². The molecule has 2 rings (SSSR count). The Hall–Kier alpha value is -1.42. The van der Waals surface area contributed by atoms with E-state index >= 15 is 0 Å². The second-order valence-electron chi connectivity index (χ2n) is 2.57. The van der Waals surface area contributed by atoms with Crippen molar-refractivity contribution in [3.05, 3.63) is 24.4 Å². The molecule has 0 unspecified atom stereocenters. The largest absolute Gasteiger partial charge is 0.438 e. The predicted octanol–water partition coefficient (Wildman–Crippen LogP) is 1.28. The zero-order chi connectivity index (χ0) is 8.55. The third kappa shape index (κ3) is 1.06. The van der Waals surface area contributed by atoms with Crippen molar-refractivity contribution < 1.29 is 9.52 Å². The molecule has 2 aromatic heterocycles. The topological polar surface area (TPSA) is 59.2 Å². The molecule has 1 N–H and O–H groups in total. The molecule has 1 atom stereocenters. The minimum Gasteiger partial charge on any atom is -0.438 e. The molecule has 0 fully saturated rings. The Balaban J connectivity index is 2.62. The number of hydrogen-bond acceptors (Lipinski definition) is 4. The molecule has 62 valence electrons. The Kier molecular flexibility index (Phi) is 1.55. The van der Waals surface area contributed by atoms with Crippen molar-refractivity contribution in [2.75, 3.05) is 0 Å². The van der Waals surface area contributed by atoms with Crippen LogP contribution in [0.4, 0.5) is 0 Å². The summed E-state index contributed by atoms with van der Waals surface area (Å²) < 4.78 is 5.23. The second kappa shape index (κ2) is 2.57. The van der Waals surface area contributed by atoms with Gasteiger partial charge in [-0.15, -0.1) is 0 Å². The third-order valence-corrected chi connectivity index (χ3v) is 1.56. The number of oxazole rings is 1. The van der Waals surface area contributed by atoms with Crippen molar-refractivity contribution in [1.82, 2.24) is 9.97 Å². The highest BCUT2D eigenvalue weighted by molar-refractivity contribution is 5.70. The van der Waals surface area contributed by atoms with Crippen molar-refractivity contribution in [2.45, 2.75) is 13.0 Å². The molecule has 0 saturated heterocycles. The maximum absolute atomic E-state index is 9.15. The SMILES string of the molecule is C[C@H](O)c1nc2cnccc2o1. The van der Waals surface area contributed by atoms with Crippen LogP contribution in [0.5, 0.6) is 0 Å². The van der Waals surface area contributed by atoms with Gasteiger partial charge in [0.05, 0.1) is 6.20 Å². The Bertz CT molecular complexity index is 362. The van der Waals surface area contributed by atoms with Crippen molar-refractivity contribution in [3.8, 4) is 0 Å². The van der Waals surface area contributed by atoms with E-state index in [1.807, 2.05) is 0 Å². The molecule has 0 aromatic carbocycles. The van der Waals surface area contributed by atoms with Gasteiger partial charge in [-0.1, -0.05) is 0 Å². The summed E-state index contributed by atoms with van der Waals surface area (Å²) in [4.78, 5) is 7.91. The van der Waals surface area contributed by atoms with E-state index in [9.17, 15) is 0 Å². The van der Waals surface area contributed by atoms with Gasteiger partial charge in [0.2, 0.25) is 5.89 Å². The van der Waals surface area contributed by atoms with Crippen molar-refractivity contribution in [3.63, 3.8) is 0 Å². The monoisotopic (exact) mass is 164 g/mol. The first kappa shape index (κ1) is 7.24. The molecule has 4 nitrogen and oxygen atoms in total. The molecule has 4 heteroatoms. The lowest BCUT2D eigenvalue weighted by molar-refractivity contribution is 0.165. The normalized spacial score (nSPS) is 13.5. The molecule has 0 aliphatic carbocycles. The summed E-state index contributed by atoms with van der Waals surface area (Å²) in [5.74, 6) is 0.331. The van der Waals surface area contributed by atoms with Crippen LogP contribution in [0.3, 0.4) is 0 Å². The van der Waals surface area contributed by atoms with Gasteiger partial charge in [-0.3, -0.25) is 4.98 Å². The molecule has 2 aromatic rings. The van der Waals surface area contributed by atoms with Crippen LogP contribution in [0, 0.1) is 0 Å². The van der Waals surface area contributed by atoms with Crippen LogP contribution in [0.1, 0.15) is 18.9 Å². The minimum atomic E-state index is -0.669. The summed E-state index contributed by atoms with van der Waals surface area (Å²) in [5, 5.41) is 9.15. The molecule has 0 radical (unpaired) electrons. The molecule has 2 heterocycles. The van der Waals surface area contributed by atoms with Gasteiger partial charge in [0.1, 0.15) is 11.6 Å². The number of aliphatic hydroxyl groups excluding tert-OH is 1. The highest BCUT2D eigenvalue weighted by Gasteiger charge is 2.09. The van der Waals surface area contributed by atoms with E-state index in [1.54, 1.807) is 25.4 Å². The van der Waals surface area contributed by atoms with E-state index in [4.69, 9.17) is 9.52 Å². The quantitative estimate of drug-likeness (QED) is 0.689. The van der Waals surface area contributed by atoms with Crippen LogP contribution in [-0.4, -0.2) is 15.1 Å². The molecule has 0 aliphatic heterocycles. The smallest absolute Gasteiger partial charge is 0.224 e. The second-order valence-corrected chi connectivity index (χ2v) is 2.57. The van der Waals surface area contributed by atoms with Crippen LogP contribution < -0.4 is 0 Å². The molecule has 0 aliphatic rings. The predicted molar refractivity (Wildman–Crippen MR) is 42.4 cm³/mol. The van der Waals surface area contributed by atoms with Gasteiger partial charge in [-0.25, -0.2) is 4.98 Å². The molecule has 0 saturated carbocycles. The number of pyridine rings is 1. The zero-order valence-electron chi connectivity index (χ0n) is 6.56. The third-order valence-electron chi connectivity index (χ3n) is 1.56. The first-order valence-electron chi connectivity index (χ1n) is 3.66. The summed E-state index contributed by atoms with van der Waals surface area (Å²) in [6, 6.07) is 1.72. The van der Waals surface area contributed by atoms with Crippen LogP contribution >= 0.6 is 0 Å².